The van der Waals surface area contributed by atoms with Gasteiger partial charge in [0.05, 0.1) is 10.3 Å². The molecule has 0 aliphatic heterocycles. The smallest absolute Gasteiger partial charge is 0.266 e. The van der Waals surface area contributed by atoms with Crippen LogP contribution in [0.1, 0.15) is 39.2 Å². The Morgan fingerprint density at radius 1 is 1.28 bits per heavy atom. The number of rotatable bonds is 7. The molecule has 0 unspecified atom stereocenters. The minimum absolute atomic E-state index is 0.257. The minimum atomic E-state index is -0.351. The standard InChI is InChI=1S/C20H22N4O3S2/c1-10-6-7-13(11(2)9-10)22-18(27)16-12(3)15-17(26)23-20(24-19(15)29-16)28-8-4-5-14(21)25/h6-7,9H,4-5,8H2,1-3H3,(H2,21,25)(H,22,27)(H,23,24,26). The van der Waals surface area contributed by atoms with Gasteiger partial charge in [-0.15, -0.1) is 11.3 Å². The lowest BCUT2D eigenvalue weighted by molar-refractivity contribution is -0.118. The van der Waals surface area contributed by atoms with Crippen LogP contribution in [-0.2, 0) is 4.79 Å². The highest BCUT2D eigenvalue weighted by Gasteiger charge is 2.20. The number of aromatic nitrogens is 2. The third kappa shape index (κ3) is 4.86. The summed E-state index contributed by atoms with van der Waals surface area (Å²) in [6, 6.07) is 5.81. The molecule has 0 aliphatic rings. The van der Waals surface area contributed by atoms with Crippen molar-refractivity contribution in [3.8, 4) is 0 Å². The summed E-state index contributed by atoms with van der Waals surface area (Å²) in [7, 11) is 0. The zero-order valence-electron chi connectivity index (χ0n) is 16.4. The summed E-state index contributed by atoms with van der Waals surface area (Å²) in [5.74, 6) is 0.00489. The molecule has 1 aromatic carbocycles. The number of aromatic amines is 1. The molecule has 152 valence electrons. The summed E-state index contributed by atoms with van der Waals surface area (Å²) >= 11 is 2.55. The monoisotopic (exact) mass is 430 g/mol. The summed E-state index contributed by atoms with van der Waals surface area (Å²) in [6.45, 7) is 5.69. The molecule has 7 nitrogen and oxygen atoms in total. The van der Waals surface area contributed by atoms with Crippen molar-refractivity contribution in [3.63, 3.8) is 0 Å². The highest BCUT2D eigenvalue weighted by atomic mass is 32.2. The van der Waals surface area contributed by atoms with Gasteiger partial charge in [0.1, 0.15) is 4.83 Å². The maximum Gasteiger partial charge on any atom is 0.266 e. The van der Waals surface area contributed by atoms with Crippen molar-refractivity contribution in [2.24, 2.45) is 5.73 Å². The third-order valence-electron chi connectivity index (χ3n) is 4.42. The van der Waals surface area contributed by atoms with E-state index in [0.29, 0.717) is 44.4 Å². The Kier molecular flexibility index (Phi) is 6.39. The number of carbonyl (C=O) groups is 2. The van der Waals surface area contributed by atoms with Crippen LogP contribution in [0, 0.1) is 20.8 Å². The van der Waals surface area contributed by atoms with Crippen LogP contribution in [-0.4, -0.2) is 27.5 Å². The number of nitrogens with two attached hydrogens (primary N) is 1. The molecular weight excluding hydrogens is 408 g/mol. The van der Waals surface area contributed by atoms with Gasteiger partial charge < -0.3 is 16.0 Å². The number of amides is 2. The molecule has 2 aromatic heterocycles. The first-order chi connectivity index (χ1) is 13.8. The number of anilines is 1. The number of hydrogen-bond donors (Lipinski definition) is 3. The molecule has 2 amide bonds. The Bertz CT molecular complexity index is 1150. The van der Waals surface area contributed by atoms with Crippen molar-refractivity contribution in [3.05, 3.63) is 50.1 Å². The van der Waals surface area contributed by atoms with Crippen LogP contribution in [0.5, 0.6) is 0 Å². The first-order valence-electron chi connectivity index (χ1n) is 9.09. The van der Waals surface area contributed by atoms with Gasteiger partial charge in [-0.2, -0.15) is 0 Å². The van der Waals surface area contributed by atoms with Crippen molar-refractivity contribution < 1.29 is 9.59 Å². The SMILES string of the molecule is Cc1ccc(NC(=O)c2sc3nc(SCCCC(N)=O)[nH]c(=O)c3c2C)c(C)c1. The van der Waals surface area contributed by atoms with Gasteiger partial charge in [-0.05, 0) is 44.4 Å². The van der Waals surface area contributed by atoms with Crippen molar-refractivity contribution >= 4 is 50.8 Å². The number of primary amides is 1. The van der Waals surface area contributed by atoms with Crippen LogP contribution in [0.4, 0.5) is 5.69 Å². The van der Waals surface area contributed by atoms with Crippen molar-refractivity contribution in [1.82, 2.24) is 9.97 Å². The minimum Gasteiger partial charge on any atom is -0.370 e. The van der Waals surface area contributed by atoms with E-state index in [2.05, 4.69) is 15.3 Å². The fourth-order valence-corrected chi connectivity index (χ4v) is 4.89. The van der Waals surface area contributed by atoms with E-state index in [1.165, 1.54) is 23.1 Å². The zero-order valence-corrected chi connectivity index (χ0v) is 18.1. The molecule has 0 fully saturated rings. The Morgan fingerprint density at radius 3 is 2.72 bits per heavy atom. The van der Waals surface area contributed by atoms with Crippen LogP contribution < -0.4 is 16.6 Å². The molecule has 9 heteroatoms. The lowest BCUT2D eigenvalue weighted by Crippen LogP contribution is -2.13. The number of H-pyrrole nitrogens is 1. The van der Waals surface area contributed by atoms with Gasteiger partial charge in [0.2, 0.25) is 5.91 Å². The lowest BCUT2D eigenvalue weighted by Gasteiger charge is -2.08. The Hall–Kier alpha value is -2.65. The second-order valence-electron chi connectivity index (χ2n) is 6.80. The predicted octanol–water partition coefficient (Wildman–Crippen LogP) is 3.52. The van der Waals surface area contributed by atoms with Crippen molar-refractivity contribution in [2.45, 2.75) is 38.8 Å². The summed E-state index contributed by atoms with van der Waals surface area (Å²) in [5.41, 5.74) is 8.31. The lowest BCUT2D eigenvalue weighted by atomic mass is 10.1. The number of carbonyl (C=O) groups excluding carboxylic acids is 2. The van der Waals surface area contributed by atoms with E-state index in [0.717, 1.165) is 16.8 Å². The van der Waals surface area contributed by atoms with Crippen LogP contribution in [0.3, 0.4) is 0 Å². The second-order valence-corrected chi connectivity index (χ2v) is 8.88. The van der Waals surface area contributed by atoms with Gasteiger partial charge in [-0.1, -0.05) is 29.5 Å². The van der Waals surface area contributed by atoms with E-state index < -0.39 is 0 Å². The molecule has 0 bridgehead atoms. The molecule has 2 heterocycles. The van der Waals surface area contributed by atoms with Crippen LogP contribution >= 0.6 is 23.1 Å². The third-order valence-corrected chi connectivity index (χ3v) is 6.57. The number of thiophene rings is 1. The van der Waals surface area contributed by atoms with E-state index in [1.54, 1.807) is 6.92 Å². The summed E-state index contributed by atoms with van der Waals surface area (Å²) in [4.78, 5) is 44.4. The molecule has 29 heavy (non-hydrogen) atoms. The number of aryl methyl sites for hydroxylation is 3. The van der Waals surface area contributed by atoms with E-state index in [4.69, 9.17) is 5.73 Å². The quantitative estimate of drug-likeness (QED) is 0.301. The van der Waals surface area contributed by atoms with Crippen LogP contribution in [0.15, 0.2) is 28.2 Å². The van der Waals surface area contributed by atoms with Crippen molar-refractivity contribution in [2.75, 3.05) is 11.1 Å². The van der Waals surface area contributed by atoms with Gasteiger partial charge in [0, 0.05) is 17.9 Å². The van der Waals surface area contributed by atoms with E-state index in [1.807, 2.05) is 32.0 Å². The van der Waals surface area contributed by atoms with E-state index >= 15 is 0 Å². The molecule has 3 rings (SSSR count). The van der Waals surface area contributed by atoms with Gasteiger partial charge in [-0.3, -0.25) is 14.4 Å². The molecule has 0 aliphatic carbocycles. The number of hydrogen-bond acceptors (Lipinski definition) is 6. The molecular formula is C20H22N4O3S2. The fraction of sp³-hybridized carbons (Fsp3) is 0.300. The van der Waals surface area contributed by atoms with Crippen LogP contribution in [0.25, 0.3) is 10.2 Å². The molecule has 0 radical (unpaired) electrons. The van der Waals surface area contributed by atoms with E-state index in [9.17, 15) is 14.4 Å². The highest BCUT2D eigenvalue weighted by Crippen LogP contribution is 2.29. The summed E-state index contributed by atoms with van der Waals surface area (Å²) in [6.07, 6.45) is 0.898. The number of nitrogens with zero attached hydrogens (tertiary/aromatic N) is 1. The molecule has 0 saturated heterocycles. The molecule has 3 aromatic rings. The zero-order chi connectivity index (χ0) is 21.1. The Labute approximate surface area is 176 Å². The molecule has 4 N–H and O–H groups in total. The normalized spacial score (nSPS) is 11.0. The second kappa shape index (κ2) is 8.79. The van der Waals surface area contributed by atoms with Gasteiger partial charge in [0.25, 0.3) is 11.5 Å². The predicted molar refractivity (Wildman–Crippen MR) is 118 cm³/mol. The largest absolute Gasteiger partial charge is 0.370 e. The van der Waals surface area contributed by atoms with Gasteiger partial charge >= 0.3 is 0 Å². The molecule has 0 saturated carbocycles. The van der Waals surface area contributed by atoms with Crippen molar-refractivity contribution in [1.29, 1.82) is 0 Å². The highest BCUT2D eigenvalue weighted by molar-refractivity contribution is 7.99. The topological polar surface area (TPSA) is 118 Å². The molecule has 0 atom stereocenters. The number of benzene rings is 1. The fourth-order valence-electron chi connectivity index (χ4n) is 2.96. The Morgan fingerprint density at radius 2 is 2.03 bits per heavy atom. The maximum atomic E-state index is 12.8. The van der Waals surface area contributed by atoms with Gasteiger partial charge in [0.15, 0.2) is 5.16 Å². The number of fused-ring (bicyclic) bond motifs is 1. The first-order valence-corrected chi connectivity index (χ1v) is 10.9. The summed E-state index contributed by atoms with van der Waals surface area (Å²) < 4.78 is 0. The average molecular weight is 431 g/mol. The first kappa shape index (κ1) is 21.1. The van der Waals surface area contributed by atoms with E-state index in [-0.39, 0.29) is 17.4 Å². The number of thioether (sulfide) groups is 1. The van der Waals surface area contributed by atoms with Crippen LogP contribution in [0.2, 0.25) is 0 Å². The number of nitrogens with one attached hydrogen (secondary N) is 2. The summed E-state index contributed by atoms with van der Waals surface area (Å²) in [5, 5.41) is 3.82. The maximum absolute atomic E-state index is 12.8. The molecule has 0 spiro atoms. The Balaban J connectivity index is 1.84. The van der Waals surface area contributed by atoms with Gasteiger partial charge in [-0.25, -0.2) is 4.98 Å². The average Bonchev–Trinajstić information content (AvgIpc) is 2.98.